The van der Waals surface area contributed by atoms with Crippen LogP contribution < -0.4 is 0 Å². The number of rotatable bonds is 5. The Balaban J connectivity index is 2.95. The van der Waals surface area contributed by atoms with Gasteiger partial charge in [0.25, 0.3) is 9.41 Å². The van der Waals surface area contributed by atoms with Gasteiger partial charge in [0.15, 0.2) is 0 Å². The van der Waals surface area contributed by atoms with E-state index in [-0.39, 0.29) is 0 Å². The molecule has 1 aromatic carbocycles. The molecule has 0 aliphatic heterocycles. The summed E-state index contributed by atoms with van der Waals surface area (Å²) < 4.78 is 16.7. The van der Waals surface area contributed by atoms with E-state index < -0.39 is 14.6 Å². The normalized spacial score (nSPS) is 15.6. The zero-order chi connectivity index (χ0) is 12.0. The molecule has 1 rings (SSSR count). The lowest BCUT2D eigenvalue weighted by Gasteiger charge is -2.19. The fourth-order valence-corrected chi connectivity index (χ4v) is 2.19. The molecule has 0 saturated carbocycles. The molecule has 0 saturated heterocycles. The Labute approximate surface area is 99.2 Å². The molecule has 0 spiro atoms. The van der Waals surface area contributed by atoms with Gasteiger partial charge in [-0.25, -0.2) is 0 Å². The van der Waals surface area contributed by atoms with Crippen molar-refractivity contribution in [1.82, 2.24) is 0 Å². The van der Waals surface area contributed by atoms with E-state index in [4.69, 9.17) is 4.74 Å². The van der Waals surface area contributed by atoms with Crippen LogP contribution in [0.15, 0.2) is 36.4 Å². The minimum absolute atomic E-state index is 0.574. The third-order valence-corrected chi connectivity index (χ3v) is 3.22. The second kappa shape index (κ2) is 5.87. The maximum Gasteiger partial charge on any atom is 0.298 e. The Hall–Kier alpha value is -1.06. The molecule has 0 fully saturated rings. The minimum Gasteiger partial charge on any atom is -0.389 e. The van der Waals surface area contributed by atoms with Crippen molar-refractivity contribution in [2.75, 3.05) is 6.61 Å². The molecule has 0 aromatic heterocycles. The molecular formula is C13H18O2Si. The highest BCUT2D eigenvalue weighted by Gasteiger charge is 2.21. The van der Waals surface area contributed by atoms with Gasteiger partial charge in [0.05, 0.1) is 0 Å². The van der Waals surface area contributed by atoms with Gasteiger partial charge in [0.2, 0.25) is 0 Å². The molecular weight excluding hydrogens is 216 g/mol. The molecule has 86 valence electrons. The molecule has 0 aliphatic rings. The quantitative estimate of drug-likeness (QED) is 0.732. The van der Waals surface area contributed by atoms with E-state index in [2.05, 4.69) is 0 Å². The van der Waals surface area contributed by atoms with E-state index in [0.29, 0.717) is 6.61 Å². The topological polar surface area (TPSA) is 26.3 Å². The van der Waals surface area contributed by atoms with Gasteiger partial charge in [0.1, 0.15) is 5.22 Å². The highest BCUT2D eigenvalue weighted by molar-refractivity contribution is 6.23. The number of hydrogen-bond acceptors (Lipinski definition) is 2. The smallest absolute Gasteiger partial charge is 0.298 e. The summed E-state index contributed by atoms with van der Waals surface area (Å²) in [5, 5.41) is -0.616. The van der Waals surface area contributed by atoms with Gasteiger partial charge in [-0.15, -0.1) is 0 Å². The fourth-order valence-electron chi connectivity index (χ4n) is 1.63. The molecule has 0 N–H and O–H groups in total. The molecule has 16 heavy (non-hydrogen) atoms. The van der Waals surface area contributed by atoms with E-state index in [1.807, 2.05) is 57.2 Å². The third kappa shape index (κ3) is 3.50. The lowest BCUT2D eigenvalue weighted by molar-refractivity contribution is 0.0713. The summed E-state index contributed by atoms with van der Waals surface area (Å²) in [5.74, 6) is 0. The number of benzene rings is 1. The molecule has 2 nitrogen and oxygen atoms in total. The van der Waals surface area contributed by atoms with Crippen molar-refractivity contribution in [2.45, 2.75) is 26.0 Å². The molecule has 0 bridgehead atoms. The van der Waals surface area contributed by atoms with E-state index in [0.717, 1.165) is 11.1 Å². The Morgan fingerprint density at radius 2 is 2.06 bits per heavy atom. The summed E-state index contributed by atoms with van der Waals surface area (Å²) in [6.07, 6.45) is 1.95. The van der Waals surface area contributed by atoms with E-state index in [1.165, 1.54) is 0 Å². The lowest BCUT2D eigenvalue weighted by Crippen LogP contribution is -2.29. The van der Waals surface area contributed by atoms with Gasteiger partial charge in [-0.2, -0.15) is 0 Å². The van der Waals surface area contributed by atoms with Gasteiger partial charge >= 0.3 is 0 Å². The summed E-state index contributed by atoms with van der Waals surface area (Å²) in [4.78, 5) is 0. The number of allylic oxidation sites excluding steroid dienone is 1. The zero-order valence-corrected chi connectivity index (χ0v) is 11.2. The summed E-state index contributed by atoms with van der Waals surface area (Å²) in [7, 11) is -0.989. The molecule has 0 aliphatic carbocycles. The van der Waals surface area contributed by atoms with Crippen LogP contribution in [0.3, 0.4) is 0 Å². The maximum atomic E-state index is 11.2. The summed E-state index contributed by atoms with van der Waals surface area (Å²) >= 11 is 0. The fraction of sp³-hybridized carbons (Fsp3) is 0.385. The van der Waals surface area contributed by atoms with Gasteiger partial charge in [-0.1, -0.05) is 30.3 Å². The molecule has 3 heteroatoms. The first-order valence-corrected chi connectivity index (χ1v) is 6.51. The van der Waals surface area contributed by atoms with Crippen molar-refractivity contribution in [3.63, 3.8) is 0 Å². The number of hydrogen-bond donors (Lipinski definition) is 0. The van der Waals surface area contributed by atoms with Crippen molar-refractivity contribution in [3.05, 3.63) is 42.0 Å². The standard InChI is InChI=1S/C13H18O2Si/c1-4-15-13(3,16-14)10-11(2)12-8-6-5-7-9-12/h5-10,16H,4H2,1-3H3. The molecule has 1 aromatic rings. The van der Waals surface area contributed by atoms with Crippen LogP contribution >= 0.6 is 0 Å². The summed E-state index contributed by atoms with van der Waals surface area (Å²) in [5.41, 5.74) is 2.24. The predicted octanol–water partition coefficient (Wildman–Crippen LogP) is 2.62. The van der Waals surface area contributed by atoms with Crippen molar-refractivity contribution < 1.29 is 9.20 Å². The Kier molecular flexibility index (Phi) is 4.77. The Bertz CT molecular complexity index is 373. The molecule has 0 amide bonds. The van der Waals surface area contributed by atoms with Crippen molar-refractivity contribution >= 4 is 15.0 Å². The van der Waals surface area contributed by atoms with Crippen LogP contribution in [-0.4, -0.2) is 21.2 Å². The van der Waals surface area contributed by atoms with Crippen LogP contribution in [-0.2, 0) is 9.20 Å². The first kappa shape index (κ1) is 13.0. The average molecular weight is 234 g/mol. The van der Waals surface area contributed by atoms with E-state index in [9.17, 15) is 4.46 Å². The third-order valence-electron chi connectivity index (χ3n) is 2.42. The summed E-state index contributed by atoms with van der Waals surface area (Å²) in [6, 6.07) is 10.1. The summed E-state index contributed by atoms with van der Waals surface area (Å²) in [6.45, 7) is 6.37. The second-order valence-corrected chi connectivity index (χ2v) is 5.31. The van der Waals surface area contributed by atoms with Crippen molar-refractivity contribution in [3.8, 4) is 0 Å². The van der Waals surface area contributed by atoms with E-state index in [1.54, 1.807) is 0 Å². The molecule has 0 radical (unpaired) electrons. The molecule has 0 heterocycles. The average Bonchev–Trinajstić information content (AvgIpc) is 2.30. The van der Waals surface area contributed by atoms with Crippen molar-refractivity contribution in [1.29, 1.82) is 0 Å². The highest BCUT2D eigenvalue weighted by Crippen LogP contribution is 2.19. The highest BCUT2D eigenvalue weighted by atomic mass is 28.2. The largest absolute Gasteiger partial charge is 0.389 e. The predicted molar refractivity (Wildman–Crippen MR) is 68.0 cm³/mol. The van der Waals surface area contributed by atoms with Crippen LogP contribution in [0.5, 0.6) is 0 Å². The zero-order valence-electron chi connectivity index (χ0n) is 10.1. The van der Waals surface area contributed by atoms with Crippen LogP contribution in [0.4, 0.5) is 0 Å². The van der Waals surface area contributed by atoms with Gasteiger partial charge in [0, 0.05) is 6.61 Å². The molecule has 1 unspecified atom stereocenters. The Morgan fingerprint density at radius 1 is 1.44 bits per heavy atom. The van der Waals surface area contributed by atoms with Crippen LogP contribution in [0.2, 0.25) is 0 Å². The second-order valence-electron chi connectivity index (χ2n) is 3.93. The van der Waals surface area contributed by atoms with Crippen molar-refractivity contribution in [2.24, 2.45) is 0 Å². The Morgan fingerprint density at radius 3 is 2.56 bits per heavy atom. The van der Waals surface area contributed by atoms with Gasteiger partial charge in [-0.05, 0) is 38.0 Å². The van der Waals surface area contributed by atoms with Crippen LogP contribution in [0.1, 0.15) is 26.3 Å². The van der Waals surface area contributed by atoms with Gasteiger partial charge in [-0.3, -0.25) is 0 Å². The van der Waals surface area contributed by atoms with E-state index >= 15 is 0 Å². The van der Waals surface area contributed by atoms with Crippen LogP contribution in [0.25, 0.3) is 5.57 Å². The first-order chi connectivity index (χ1) is 7.61. The van der Waals surface area contributed by atoms with Gasteiger partial charge < -0.3 is 9.20 Å². The lowest BCUT2D eigenvalue weighted by atomic mass is 10.1. The number of ether oxygens (including phenoxy) is 1. The monoisotopic (exact) mass is 234 g/mol. The SMILES string of the molecule is CCOC(C)(C=C(C)c1ccccc1)[SiH]=O. The van der Waals surface area contributed by atoms with Crippen LogP contribution in [0, 0.1) is 0 Å². The first-order valence-electron chi connectivity index (χ1n) is 5.46. The maximum absolute atomic E-state index is 11.2. The minimum atomic E-state index is -0.989. The molecule has 1 atom stereocenters.